The molecule has 3 rings (SSSR count). The highest BCUT2D eigenvalue weighted by Gasteiger charge is 2.29. The van der Waals surface area contributed by atoms with Gasteiger partial charge in [-0.2, -0.15) is 0 Å². The Bertz CT molecular complexity index is 626. The van der Waals surface area contributed by atoms with Crippen molar-refractivity contribution in [2.24, 2.45) is 0 Å². The smallest absolute Gasteiger partial charge is 0.266 e. The van der Waals surface area contributed by atoms with Gasteiger partial charge >= 0.3 is 0 Å². The van der Waals surface area contributed by atoms with Gasteiger partial charge in [-0.15, -0.1) is 0 Å². The SMILES string of the molecule is Cc1ccc2c(c1)NC(=O)[C@@H](CC(=O)NCCCN1CCCCC1)O2. The number of ether oxygens (including phenoxy) is 1. The number of amides is 2. The molecule has 2 aliphatic rings. The molecule has 6 heteroatoms. The second-order valence-corrected chi connectivity index (χ2v) is 6.91. The Kier molecular flexibility index (Phi) is 5.91. The Balaban J connectivity index is 1.40. The van der Waals surface area contributed by atoms with Crippen molar-refractivity contribution in [1.82, 2.24) is 10.2 Å². The zero-order valence-corrected chi connectivity index (χ0v) is 14.8. The van der Waals surface area contributed by atoms with E-state index in [4.69, 9.17) is 4.74 Å². The number of likely N-dealkylation sites (tertiary alicyclic amines) is 1. The molecular weight excluding hydrogens is 318 g/mol. The Morgan fingerprint density at radius 1 is 1.32 bits per heavy atom. The average Bonchev–Trinajstić information content (AvgIpc) is 2.60. The number of carbonyl (C=O) groups is 2. The Morgan fingerprint density at radius 3 is 2.92 bits per heavy atom. The average molecular weight is 345 g/mol. The lowest BCUT2D eigenvalue weighted by atomic mass is 10.1. The summed E-state index contributed by atoms with van der Waals surface area (Å²) in [7, 11) is 0. The van der Waals surface area contributed by atoms with E-state index in [9.17, 15) is 9.59 Å². The molecule has 136 valence electrons. The van der Waals surface area contributed by atoms with E-state index in [1.165, 1.54) is 32.4 Å². The van der Waals surface area contributed by atoms with Crippen molar-refractivity contribution in [2.45, 2.75) is 45.1 Å². The van der Waals surface area contributed by atoms with Gasteiger partial charge in [0.15, 0.2) is 6.10 Å². The lowest BCUT2D eigenvalue weighted by Gasteiger charge is -2.26. The fourth-order valence-electron chi connectivity index (χ4n) is 3.35. The van der Waals surface area contributed by atoms with Crippen LogP contribution in [0.15, 0.2) is 18.2 Å². The molecule has 2 amide bonds. The molecule has 0 spiro atoms. The zero-order valence-electron chi connectivity index (χ0n) is 14.8. The number of carbonyl (C=O) groups excluding carboxylic acids is 2. The molecule has 1 saturated heterocycles. The molecule has 1 aromatic rings. The number of piperidine rings is 1. The highest BCUT2D eigenvalue weighted by molar-refractivity contribution is 6.00. The van der Waals surface area contributed by atoms with Crippen molar-refractivity contribution < 1.29 is 14.3 Å². The molecule has 6 nitrogen and oxygen atoms in total. The molecule has 0 radical (unpaired) electrons. The van der Waals surface area contributed by atoms with Gasteiger partial charge in [0, 0.05) is 6.54 Å². The second-order valence-electron chi connectivity index (χ2n) is 6.91. The van der Waals surface area contributed by atoms with Gasteiger partial charge in [-0.3, -0.25) is 9.59 Å². The van der Waals surface area contributed by atoms with E-state index in [1.54, 1.807) is 0 Å². The molecule has 0 saturated carbocycles. The second kappa shape index (κ2) is 8.34. The Morgan fingerprint density at radius 2 is 2.12 bits per heavy atom. The third kappa shape index (κ3) is 4.95. The molecule has 0 aliphatic carbocycles. The van der Waals surface area contributed by atoms with Crippen LogP contribution >= 0.6 is 0 Å². The molecule has 0 aromatic heterocycles. The third-order valence-corrected chi connectivity index (χ3v) is 4.75. The summed E-state index contributed by atoms with van der Waals surface area (Å²) in [6.45, 7) is 5.95. The lowest BCUT2D eigenvalue weighted by molar-refractivity contribution is -0.130. The van der Waals surface area contributed by atoms with E-state index in [-0.39, 0.29) is 18.2 Å². The van der Waals surface area contributed by atoms with Gasteiger partial charge in [0.25, 0.3) is 5.91 Å². The number of benzene rings is 1. The summed E-state index contributed by atoms with van der Waals surface area (Å²) in [4.78, 5) is 26.7. The highest BCUT2D eigenvalue weighted by Crippen LogP contribution is 2.30. The number of fused-ring (bicyclic) bond motifs is 1. The van der Waals surface area contributed by atoms with Crippen molar-refractivity contribution >= 4 is 17.5 Å². The van der Waals surface area contributed by atoms with E-state index in [2.05, 4.69) is 15.5 Å². The Hall–Kier alpha value is -2.08. The predicted octanol–water partition coefficient (Wildman–Crippen LogP) is 2.08. The molecule has 1 fully saturated rings. The monoisotopic (exact) mass is 345 g/mol. The van der Waals surface area contributed by atoms with Crippen LogP contribution in [-0.2, 0) is 9.59 Å². The van der Waals surface area contributed by atoms with Gasteiger partial charge in [-0.1, -0.05) is 12.5 Å². The van der Waals surface area contributed by atoms with E-state index in [0.717, 1.165) is 18.5 Å². The van der Waals surface area contributed by atoms with E-state index >= 15 is 0 Å². The number of anilines is 1. The zero-order chi connectivity index (χ0) is 17.6. The number of rotatable bonds is 6. The summed E-state index contributed by atoms with van der Waals surface area (Å²) in [5.74, 6) is 0.212. The lowest BCUT2D eigenvalue weighted by Crippen LogP contribution is -2.41. The third-order valence-electron chi connectivity index (χ3n) is 4.75. The first-order valence-corrected chi connectivity index (χ1v) is 9.19. The van der Waals surface area contributed by atoms with Crippen molar-refractivity contribution in [3.05, 3.63) is 23.8 Å². The van der Waals surface area contributed by atoms with Gasteiger partial charge in [0.05, 0.1) is 12.1 Å². The fourth-order valence-corrected chi connectivity index (χ4v) is 3.35. The Labute approximate surface area is 148 Å². The van der Waals surface area contributed by atoms with Crippen molar-refractivity contribution in [3.8, 4) is 5.75 Å². The first-order valence-electron chi connectivity index (χ1n) is 9.19. The maximum atomic E-state index is 12.1. The summed E-state index contributed by atoms with van der Waals surface area (Å²) in [6.07, 6.45) is 4.11. The van der Waals surface area contributed by atoms with Crippen LogP contribution in [-0.4, -0.2) is 49.0 Å². The van der Waals surface area contributed by atoms with Crippen molar-refractivity contribution in [1.29, 1.82) is 0 Å². The van der Waals surface area contributed by atoms with Crippen LogP contribution in [0.2, 0.25) is 0 Å². The molecule has 0 bridgehead atoms. The quantitative estimate of drug-likeness (QED) is 0.775. The number of hydrogen-bond acceptors (Lipinski definition) is 4. The minimum atomic E-state index is -0.766. The van der Waals surface area contributed by atoms with Crippen LogP contribution in [0.25, 0.3) is 0 Å². The standard InChI is InChI=1S/C19H27N3O3/c1-14-6-7-16-15(12-14)21-19(24)17(25-16)13-18(23)20-8-5-11-22-9-3-2-4-10-22/h6-7,12,17H,2-5,8-11,13H2,1H3,(H,20,23)(H,21,24)/t17-/m1/s1. The first kappa shape index (κ1) is 17.7. The van der Waals surface area contributed by atoms with Crippen molar-refractivity contribution in [2.75, 3.05) is 31.5 Å². The van der Waals surface area contributed by atoms with Crippen LogP contribution < -0.4 is 15.4 Å². The topological polar surface area (TPSA) is 70.7 Å². The van der Waals surface area contributed by atoms with Crippen LogP contribution in [0.1, 0.15) is 37.7 Å². The molecule has 2 aliphatic heterocycles. The van der Waals surface area contributed by atoms with E-state index in [1.807, 2.05) is 25.1 Å². The van der Waals surface area contributed by atoms with Gasteiger partial charge in [0.2, 0.25) is 5.91 Å². The van der Waals surface area contributed by atoms with Gasteiger partial charge in [0.1, 0.15) is 5.75 Å². The van der Waals surface area contributed by atoms with E-state index < -0.39 is 6.10 Å². The summed E-state index contributed by atoms with van der Waals surface area (Å²) < 4.78 is 5.69. The number of hydrogen-bond donors (Lipinski definition) is 2. The molecule has 1 atom stereocenters. The fraction of sp³-hybridized carbons (Fsp3) is 0.579. The van der Waals surface area contributed by atoms with Crippen molar-refractivity contribution in [3.63, 3.8) is 0 Å². The molecule has 0 unspecified atom stereocenters. The van der Waals surface area contributed by atoms with Gasteiger partial charge in [-0.05, 0) is 63.5 Å². The minimum Gasteiger partial charge on any atom is -0.478 e. The van der Waals surface area contributed by atoms with Crippen LogP contribution in [0.5, 0.6) is 5.75 Å². The summed E-state index contributed by atoms with van der Waals surface area (Å²) >= 11 is 0. The summed E-state index contributed by atoms with van der Waals surface area (Å²) in [5.41, 5.74) is 1.72. The summed E-state index contributed by atoms with van der Waals surface area (Å²) in [6, 6.07) is 5.62. The van der Waals surface area contributed by atoms with Gasteiger partial charge in [-0.25, -0.2) is 0 Å². The molecule has 2 N–H and O–H groups in total. The predicted molar refractivity (Wildman–Crippen MR) is 96.8 cm³/mol. The van der Waals surface area contributed by atoms with E-state index in [0.29, 0.717) is 18.0 Å². The molecule has 2 heterocycles. The van der Waals surface area contributed by atoms with Crippen LogP contribution in [0.3, 0.4) is 0 Å². The maximum Gasteiger partial charge on any atom is 0.266 e. The molecular formula is C19H27N3O3. The largest absolute Gasteiger partial charge is 0.478 e. The van der Waals surface area contributed by atoms with Crippen LogP contribution in [0, 0.1) is 6.92 Å². The highest BCUT2D eigenvalue weighted by atomic mass is 16.5. The maximum absolute atomic E-state index is 12.1. The number of aryl methyl sites for hydroxylation is 1. The summed E-state index contributed by atoms with van der Waals surface area (Å²) in [5, 5.41) is 5.71. The van der Waals surface area contributed by atoms with Gasteiger partial charge < -0.3 is 20.3 Å². The molecule has 25 heavy (non-hydrogen) atoms. The number of nitrogens with zero attached hydrogens (tertiary/aromatic N) is 1. The normalized spacial score (nSPS) is 20.4. The number of nitrogens with one attached hydrogen (secondary N) is 2. The molecule has 1 aromatic carbocycles. The first-order chi connectivity index (χ1) is 12.1. The van der Waals surface area contributed by atoms with Crippen LogP contribution in [0.4, 0.5) is 5.69 Å². The minimum absolute atomic E-state index is 0.0445.